The van der Waals surface area contributed by atoms with Crippen molar-refractivity contribution >= 4 is 15.9 Å². The molecule has 1 aromatic rings. The molecule has 0 bridgehead atoms. The van der Waals surface area contributed by atoms with Gasteiger partial charge in [-0.2, -0.15) is 4.31 Å². The lowest BCUT2D eigenvalue weighted by atomic mass is 9.70. The zero-order valence-electron chi connectivity index (χ0n) is 19.0. The van der Waals surface area contributed by atoms with Crippen LogP contribution in [0.4, 0.5) is 0 Å². The second-order valence-corrected chi connectivity index (χ2v) is 10.9. The minimum Gasteiger partial charge on any atom is -0.353 e. The van der Waals surface area contributed by atoms with E-state index in [0.717, 1.165) is 41.0 Å². The molecule has 1 amide bonds. The first-order valence-electron chi connectivity index (χ1n) is 11.1. The maximum atomic E-state index is 13.7. The van der Waals surface area contributed by atoms with Crippen LogP contribution in [0.15, 0.2) is 20.7 Å². The minimum absolute atomic E-state index is 0.00632. The number of rotatable bonds is 5. The Morgan fingerprint density at radius 3 is 2.52 bits per heavy atom. The third-order valence-corrected chi connectivity index (χ3v) is 8.98. The lowest BCUT2D eigenvalue weighted by Gasteiger charge is -2.49. The van der Waals surface area contributed by atoms with Gasteiger partial charge in [-0.1, -0.05) is 19.8 Å². The Kier molecular flexibility index (Phi) is 6.81. The van der Waals surface area contributed by atoms with Gasteiger partial charge in [-0.15, -0.1) is 0 Å². The molecule has 10 heteroatoms. The monoisotopic (exact) mass is 454 g/mol. The molecule has 0 radical (unpaired) electrons. The molecule has 0 spiro atoms. The van der Waals surface area contributed by atoms with Crippen LogP contribution in [0.25, 0.3) is 0 Å². The van der Waals surface area contributed by atoms with Crippen LogP contribution in [0.1, 0.15) is 59.3 Å². The molecule has 0 aromatic carbocycles. The van der Waals surface area contributed by atoms with Crippen LogP contribution in [0.2, 0.25) is 0 Å². The van der Waals surface area contributed by atoms with Gasteiger partial charge in [-0.25, -0.2) is 13.2 Å². The van der Waals surface area contributed by atoms with Crippen molar-refractivity contribution in [3.63, 3.8) is 0 Å². The van der Waals surface area contributed by atoms with E-state index in [-0.39, 0.29) is 29.8 Å². The molecule has 5 atom stereocenters. The van der Waals surface area contributed by atoms with Crippen LogP contribution in [-0.4, -0.2) is 45.9 Å². The molecule has 1 aliphatic heterocycles. The second kappa shape index (κ2) is 8.90. The predicted octanol–water partition coefficient (Wildman–Crippen LogP) is 0.957. The number of piperidine rings is 1. The van der Waals surface area contributed by atoms with E-state index in [2.05, 4.69) is 5.32 Å². The molecule has 2 heterocycles. The number of amides is 1. The van der Waals surface area contributed by atoms with Crippen LogP contribution < -0.4 is 16.6 Å². The van der Waals surface area contributed by atoms with Crippen LogP contribution in [0.5, 0.6) is 0 Å². The topological polar surface area (TPSA) is 110 Å². The molecular weight excluding hydrogens is 420 g/mol. The van der Waals surface area contributed by atoms with Crippen LogP contribution >= 0.6 is 0 Å². The first-order valence-corrected chi connectivity index (χ1v) is 12.5. The summed E-state index contributed by atoms with van der Waals surface area (Å²) in [6.45, 7) is 5.78. The number of carbonyl (C=O) groups excluding carboxylic acids is 1. The van der Waals surface area contributed by atoms with Crippen LogP contribution in [-0.2, 0) is 28.9 Å². The molecule has 1 saturated heterocycles. The van der Waals surface area contributed by atoms with Gasteiger partial charge in [-0.3, -0.25) is 14.2 Å². The maximum absolute atomic E-state index is 13.7. The van der Waals surface area contributed by atoms with E-state index < -0.39 is 32.2 Å². The third kappa shape index (κ3) is 4.24. The molecule has 2 fully saturated rings. The molecule has 1 aromatic heterocycles. The largest absolute Gasteiger partial charge is 0.353 e. The Labute approximate surface area is 183 Å². The second-order valence-electron chi connectivity index (χ2n) is 9.11. The van der Waals surface area contributed by atoms with E-state index in [1.807, 2.05) is 13.8 Å². The van der Waals surface area contributed by atoms with Gasteiger partial charge in [0, 0.05) is 44.3 Å². The van der Waals surface area contributed by atoms with Gasteiger partial charge < -0.3 is 9.88 Å². The zero-order valence-corrected chi connectivity index (χ0v) is 19.8. The summed E-state index contributed by atoms with van der Waals surface area (Å²) in [5, 5.41) is 3.07. The molecule has 3 rings (SSSR count). The predicted molar refractivity (Wildman–Crippen MR) is 117 cm³/mol. The van der Waals surface area contributed by atoms with Crippen molar-refractivity contribution in [1.82, 2.24) is 18.8 Å². The number of hydrogen-bond acceptors (Lipinski definition) is 5. The summed E-state index contributed by atoms with van der Waals surface area (Å²) in [7, 11) is -1.43. The van der Waals surface area contributed by atoms with E-state index >= 15 is 0 Å². The summed E-state index contributed by atoms with van der Waals surface area (Å²) in [4.78, 5) is 37.4. The molecule has 9 nitrogen and oxygen atoms in total. The standard InChI is InChI=1S/C21H34N4O5S/c1-6-13(2)22-19(26)16-11-14(3)25(17-10-8-7-9-15(16)17)31(29,30)18-12-23(4)21(28)24(5)20(18)27/h12-17H,6-11H2,1-5H3,(H,22,26)/t13-,14-,15+,16+,17+/m0/s1. The smallest absolute Gasteiger partial charge is 0.330 e. The zero-order chi connectivity index (χ0) is 23.1. The highest BCUT2D eigenvalue weighted by molar-refractivity contribution is 7.89. The normalized spacial score (nSPS) is 28.0. The average molecular weight is 455 g/mol. The molecule has 31 heavy (non-hydrogen) atoms. The molecule has 1 aliphatic carbocycles. The quantitative estimate of drug-likeness (QED) is 0.712. The number of nitrogens with zero attached hydrogens (tertiary/aromatic N) is 3. The molecule has 2 aliphatic rings. The van der Waals surface area contributed by atoms with E-state index in [0.29, 0.717) is 12.8 Å². The minimum atomic E-state index is -4.14. The van der Waals surface area contributed by atoms with Crippen LogP contribution in [0, 0.1) is 11.8 Å². The van der Waals surface area contributed by atoms with Gasteiger partial charge in [0.1, 0.15) is 0 Å². The van der Waals surface area contributed by atoms with Gasteiger partial charge in [0.05, 0.1) is 0 Å². The van der Waals surface area contributed by atoms with Gasteiger partial charge in [0.25, 0.3) is 15.6 Å². The summed E-state index contributed by atoms with van der Waals surface area (Å²) in [5.74, 6) is -0.336. The summed E-state index contributed by atoms with van der Waals surface area (Å²) in [6.07, 6.45) is 5.64. The highest BCUT2D eigenvalue weighted by Gasteiger charge is 2.50. The number of aromatic nitrogens is 2. The Bertz CT molecular complexity index is 1060. The Morgan fingerprint density at radius 2 is 1.87 bits per heavy atom. The Balaban J connectivity index is 2.02. The fraction of sp³-hybridized carbons (Fsp3) is 0.762. The highest BCUT2D eigenvalue weighted by atomic mass is 32.2. The van der Waals surface area contributed by atoms with Gasteiger partial charge in [0.2, 0.25) is 5.91 Å². The number of carbonyl (C=O) groups is 1. The number of aryl methyl sites for hydroxylation is 1. The fourth-order valence-electron chi connectivity index (χ4n) is 5.13. The van der Waals surface area contributed by atoms with E-state index in [4.69, 9.17) is 0 Å². The average Bonchev–Trinajstić information content (AvgIpc) is 2.73. The first kappa shape index (κ1) is 23.7. The van der Waals surface area contributed by atoms with Crippen molar-refractivity contribution in [1.29, 1.82) is 0 Å². The van der Waals surface area contributed by atoms with E-state index in [1.54, 1.807) is 6.92 Å². The lowest BCUT2D eigenvalue weighted by molar-refractivity contribution is -0.131. The van der Waals surface area contributed by atoms with Crippen molar-refractivity contribution in [2.75, 3.05) is 0 Å². The summed E-state index contributed by atoms with van der Waals surface area (Å²) < 4.78 is 30.8. The molecule has 174 valence electrons. The summed E-state index contributed by atoms with van der Waals surface area (Å²) in [6, 6.07) is -0.698. The van der Waals surface area contributed by atoms with Crippen molar-refractivity contribution < 1.29 is 13.2 Å². The number of sulfonamides is 1. The molecular formula is C21H34N4O5S. The van der Waals surface area contributed by atoms with Crippen molar-refractivity contribution in [3.8, 4) is 0 Å². The Hall–Kier alpha value is -1.94. The van der Waals surface area contributed by atoms with Crippen molar-refractivity contribution in [2.24, 2.45) is 25.9 Å². The van der Waals surface area contributed by atoms with E-state index in [9.17, 15) is 22.8 Å². The highest BCUT2D eigenvalue weighted by Crippen LogP contribution is 2.43. The molecule has 1 N–H and O–H groups in total. The van der Waals surface area contributed by atoms with Crippen LogP contribution in [0.3, 0.4) is 0 Å². The molecule has 0 unspecified atom stereocenters. The number of fused-ring (bicyclic) bond motifs is 1. The fourth-order valence-corrected chi connectivity index (χ4v) is 7.19. The first-order chi connectivity index (χ1) is 14.5. The third-order valence-electron chi connectivity index (χ3n) is 6.96. The van der Waals surface area contributed by atoms with Gasteiger partial charge >= 0.3 is 5.69 Å². The van der Waals surface area contributed by atoms with Gasteiger partial charge in [0.15, 0.2) is 4.90 Å². The summed E-state index contributed by atoms with van der Waals surface area (Å²) in [5.41, 5.74) is -1.40. The maximum Gasteiger partial charge on any atom is 0.330 e. The lowest BCUT2D eigenvalue weighted by Crippen LogP contribution is -2.60. The number of nitrogens with one attached hydrogen (secondary N) is 1. The van der Waals surface area contributed by atoms with Gasteiger partial charge in [-0.05, 0) is 45.4 Å². The Morgan fingerprint density at radius 1 is 1.23 bits per heavy atom. The SMILES string of the molecule is CC[C@H](C)NC(=O)[C@@H]1C[C@H](C)N(S(=O)(=O)c2cn(C)c(=O)n(C)c2=O)[C@@H]2CCCC[C@@H]21. The number of hydrogen-bond donors (Lipinski definition) is 1. The van der Waals surface area contributed by atoms with E-state index in [1.165, 1.54) is 18.4 Å². The summed E-state index contributed by atoms with van der Waals surface area (Å²) >= 11 is 0. The van der Waals surface area contributed by atoms with Crippen molar-refractivity contribution in [3.05, 3.63) is 27.0 Å². The van der Waals surface area contributed by atoms with Crippen molar-refractivity contribution in [2.45, 2.75) is 82.3 Å². The molecule has 1 saturated carbocycles.